The topological polar surface area (TPSA) is 154 Å². The number of aryl methyl sites for hydroxylation is 1. The van der Waals surface area contributed by atoms with E-state index in [1.807, 2.05) is 49.4 Å². The van der Waals surface area contributed by atoms with E-state index in [1.165, 1.54) is 6.07 Å². The van der Waals surface area contributed by atoms with Gasteiger partial charge in [-0.2, -0.15) is 0 Å². The van der Waals surface area contributed by atoms with Gasteiger partial charge in [-0.1, -0.05) is 54.6 Å². The first-order chi connectivity index (χ1) is 22.7. The summed E-state index contributed by atoms with van der Waals surface area (Å²) in [5.74, 6) is -2.77. The fourth-order valence-electron chi connectivity index (χ4n) is 6.02. The van der Waals surface area contributed by atoms with E-state index >= 15 is 0 Å². The molecule has 6 rings (SSSR count). The zero-order valence-electron chi connectivity index (χ0n) is 25.7. The van der Waals surface area contributed by atoms with Crippen LogP contribution in [0, 0.1) is 6.92 Å². The Kier molecular flexibility index (Phi) is 8.79. The van der Waals surface area contributed by atoms with Crippen molar-refractivity contribution in [3.05, 3.63) is 107 Å². The molecule has 238 valence electrons. The monoisotopic (exact) mass is 631 g/mol. The first-order valence-corrected chi connectivity index (χ1v) is 15.4. The van der Waals surface area contributed by atoms with Crippen molar-refractivity contribution in [2.45, 2.75) is 45.2 Å². The van der Waals surface area contributed by atoms with Crippen LogP contribution in [0.3, 0.4) is 0 Å². The van der Waals surface area contributed by atoms with Crippen molar-refractivity contribution in [1.29, 1.82) is 0 Å². The van der Waals surface area contributed by atoms with Gasteiger partial charge >= 0.3 is 0 Å². The lowest BCUT2D eigenvalue weighted by atomic mass is 10.0. The maximum Gasteiger partial charge on any atom is 0.264 e. The van der Waals surface area contributed by atoms with E-state index in [4.69, 9.17) is 0 Å². The smallest absolute Gasteiger partial charge is 0.264 e. The number of nitrogens with one attached hydrogen (secondary N) is 4. The number of imide groups is 2. The lowest BCUT2D eigenvalue weighted by molar-refractivity contribution is -0.136. The Labute approximate surface area is 270 Å². The van der Waals surface area contributed by atoms with Crippen LogP contribution in [0.4, 0.5) is 11.4 Å². The number of rotatable bonds is 10. The normalized spacial score (nSPS) is 15.8. The molecule has 0 bridgehead atoms. The molecule has 2 aliphatic rings. The second kappa shape index (κ2) is 13.3. The van der Waals surface area contributed by atoms with E-state index in [9.17, 15) is 28.8 Å². The first kappa shape index (κ1) is 31.2. The highest BCUT2D eigenvalue weighted by Crippen LogP contribution is 2.32. The molecule has 4 aromatic carbocycles. The van der Waals surface area contributed by atoms with Crippen LogP contribution in [-0.4, -0.2) is 52.9 Å². The predicted octanol–water partition coefficient (Wildman–Crippen LogP) is 4.31. The van der Waals surface area contributed by atoms with Gasteiger partial charge in [-0.3, -0.25) is 39.0 Å². The Morgan fingerprint density at radius 2 is 1.70 bits per heavy atom. The molecule has 0 saturated carbocycles. The van der Waals surface area contributed by atoms with Crippen molar-refractivity contribution < 1.29 is 28.8 Å². The number of fused-ring (bicyclic) bond motifs is 2. The third kappa shape index (κ3) is 6.46. The van der Waals surface area contributed by atoms with Crippen LogP contribution >= 0.6 is 0 Å². The summed E-state index contributed by atoms with van der Waals surface area (Å²) in [5, 5.41) is 13.4. The van der Waals surface area contributed by atoms with Gasteiger partial charge in [0.15, 0.2) is 0 Å². The molecule has 0 spiro atoms. The third-order valence-electron chi connectivity index (χ3n) is 8.45. The minimum absolute atomic E-state index is 0.0416. The SMILES string of the molecule is Cc1ccc(NC(=O)CCCNc2cccc3c2C(=O)N(C2CCC(=O)NC2=O)C3=O)cc1C(=O)NCc1cccc2ccccc12. The number of nitrogens with zero attached hydrogens (tertiary/aromatic N) is 1. The molecule has 1 unspecified atom stereocenters. The van der Waals surface area contributed by atoms with Crippen molar-refractivity contribution in [2.75, 3.05) is 17.2 Å². The molecule has 4 N–H and O–H groups in total. The van der Waals surface area contributed by atoms with E-state index in [2.05, 4.69) is 21.3 Å². The molecule has 1 saturated heterocycles. The number of hydrogen-bond donors (Lipinski definition) is 4. The quantitative estimate of drug-likeness (QED) is 0.150. The predicted molar refractivity (Wildman–Crippen MR) is 176 cm³/mol. The van der Waals surface area contributed by atoms with Gasteiger partial charge < -0.3 is 16.0 Å². The van der Waals surface area contributed by atoms with Crippen LogP contribution < -0.4 is 21.3 Å². The third-order valence-corrected chi connectivity index (χ3v) is 8.45. The molecule has 11 heteroatoms. The first-order valence-electron chi connectivity index (χ1n) is 15.4. The highest BCUT2D eigenvalue weighted by Gasteiger charge is 2.45. The molecule has 0 aliphatic carbocycles. The van der Waals surface area contributed by atoms with E-state index < -0.39 is 29.7 Å². The summed E-state index contributed by atoms with van der Waals surface area (Å²) in [5.41, 5.74) is 3.53. The fraction of sp³-hybridized carbons (Fsp3) is 0.222. The van der Waals surface area contributed by atoms with Gasteiger partial charge in [0.05, 0.1) is 11.1 Å². The Morgan fingerprint density at radius 3 is 2.53 bits per heavy atom. The number of hydrogen-bond acceptors (Lipinski definition) is 7. The van der Waals surface area contributed by atoms with E-state index in [-0.39, 0.29) is 42.2 Å². The number of carbonyl (C=O) groups is 6. The Hall–Kier alpha value is -5.84. The standard InChI is InChI=1S/C36H33N5O6/c1-21-14-15-24(19-27(21)33(44)38-20-23-9-4-8-22-7-2-3-10-25(22)23)39-30(42)13-6-18-37-28-12-5-11-26-32(28)36(47)41(35(26)46)29-16-17-31(43)40-34(29)45/h2-5,7-12,14-15,19,29,37H,6,13,16-18,20H2,1H3,(H,38,44)(H,39,42)(H,40,43,45). The number of benzene rings is 4. The Bertz CT molecular complexity index is 1950. The van der Waals surface area contributed by atoms with Crippen LogP contribution in [0.2, 0.25) is 0 Å². The van der Waals surface area contributed by atoms with Gasteiger partial charge in [0.1, 0.15) is 6.04 Å². The largest absolute Gasteiger partial charge is 0.384 e. The van der Waals surface area contributed by atoms with E-state index in [0.717, 1.165) is 26.8 Å². The van der Waals surface area contributed by atoms with Crippen molar-refractivity contribution in [1.82, 2.24) is 15.5 Å². The molecule has 11 nitrogen and oxygen atoms in total. The van der Waals surface area contributed by atoms with Gasteiger partial charge in [0.25, 0.3) is 17.7 Å². The number of piperidine rings is 1. The molecule has 6 amide bonds. The lowest BCUT2D eigenvalue weighted by Gasteiger charge is -2.27. The highest BCUT2D eigenvalue weighted by atomic mass is 16.2. The Morgan fingerprint density at radius 1 is 0.915 bits per heavy atom. The summed E-state index contributed by atoms with van der Waals surface area (Å²) in [6, 6.07) is 23.0. The summed E-state index contributed by atoms with van der Waals surface area (Å²) in [4.78, 5) is 77.0. The molecule has 2 heterocycles. The average molecular weight is 632 g/mol. The van der Waals surface area contributed by atoms with Crippen molar-refractivity contribution in [3.8, 4) is 0 Å². The van der Waals surface area contributed by atoms with E-state index in [1.54, 1.807) is 30.3 Å². The molecule has 2 aliphatic heterocycles. The van der Waals surface area contributed by atoms with Crippen molar-refractivity contribution in [3.63, 3.8) is 0 Å². The fourth-order valence-corrected chi connectivity index (χ4v) is 6.02. The van der Waals surface area contributed by atoms with Gasteiger partial charge in [0, 0.05) is 42.9 Å². The average Bonchev–Trinajstić information content (AvgIpc) is 3.32. The molecule has 1 fully saturated rings. The number of amides is 6. The van der Waals surface area contributed by atoms with Crippen LogP contribution in [0.1, 0.15) is 67.9 Å². The minimum atomic E-state index is -1.05. The summed E-state index contributed by atoms with van der Waals surface area (Å²) >= 11 is 0. The van der Waals surface area contributed by atoms with Crippen LogP contribution in [-0.2, 0) is 20.9 Å². The van der Waals surface area contributed by atoms with Crippen LogP contribution in [0.15, 0.2) is 78.9 Å². The molecule has 1 atom stereocenters. The molecule has 4 aromatic rings. The molecule has 0 radical (unpaired) electrons. The second-order valence-electron chi connectivity index (χ2n) is 11.6. The zero-order valence-corrected chi connectivity index (χ0v) is 25.7. The molecular formula is C36H33N5O6. The van der Waals surface area contributed by atoms with Crippen molar-refractivity contribution in [2.24, 2.45) is 0 Å². The summed E-state index contributed by atoms with van der Waals surface area (Å²) in [6.45, 7) is 2.54. The lowest BCUT2D eigenvalue weighted by Crippen LogP contribution is -2.54. The molecule has 0 aromatic heterocycles. The van der Waals surface area contributed by atoms with E-state index in [0.29, 0.717) is 36.4 Å². The Balaban J connectivity index is 1.02. The minimum Gasteiger partial charge on any atom is -0.384 e. The van der Waals surface area contributed by atoms with Gasteiger partial charge in [-0.15, -0.1) is 0 Å². The summed E-state index contributed by atoms with van der Waals surface area (Å²) < 4.78 is 0. The van der Waals surface area contributed by atoms with Gasteiger partial charge in [-0.05, 0) is 65.9 Å². The summed E-state index contributed by atoms with van der Waals surface area (Å²) in [6.07, 6.45) is 0.693. The molecular weight excluding hydrogens is 598 g/mol. The second-order valence-corrected chi connectivity index (χ2v) is 11.6. The summed E-state index contributed by atoms with van der Waals surface area (Å²) in [7, 11) is 0. The maximum absolute atomic E-state index is 13.3. The van der Waals surface area contributed by atoms with Crippen LogP contribution in [0.5, 0.6) is 0 Å². The van der Waals surface area contributed by atoms with Gasteiger partial charge in [0.2, 0.25) is 17.7 Å². The zero-order chi connectivity index (χ0) is 33.1. The van der Waals surface area contributed by atoms with Crippen LogP contribution in [0.25, 0.3) is 10.8 Å². The maximum atomic E-state index is 13.3. The number of carbonyl (C=O) groups excluding carboxylic acids is 6. The molecule has 47 heavy (non-hydrogen) atoms. The number of anilines is 2. The highest BCUT2D eigenvalue weighted by molar-refractivity contribution is 6.25. The van der Waals surface area contributed by atoms with Crippen molar-refractivity contribution >= 4 is 57.6 Å². The van der Waals surface area contributed by atoms with Gasteiger partial charge in [-0.25, -0.2) is 0 Å².